The lowest BCUT2D eigenvalue weighted by molar-refractivity contribution is -0.193. The van der Waals surface area contributed by atoms with Gasteiger partial charge in [0.05, 0.1) is 13.1 Å². The number of rotatable bonds is 11. The molecule has 2 aliphatic rings. The summed E-state index contributed by atoms with van der Waals surface area (Å²) in [5.74, 6) is -0.934. The Bertz CT molecular complexity index is 476. The van der Waals surface area contributed by atoms with Gasteiger partial charge in [-0.1, -0.05) is 25.7 Å². The molecule has 0 aromatic rings. The normalized spacial score (nSPS) is 17.1. The topological polar surface area (TPSA) is 93.2 Å². The van der Waals surface area contributed by atoms with Crippen molar-refractivity contribution < 1.29 is 28.9 Å². The minimum Gasteiger partial charge on any atom is -0.338 e. The van der Waals surface area contributed by atoms with E-state index in [4.69, 9.17) is 9.68 Å². The molecule has 2 saturated heterocycles. The highest BCUT2D eigenvalue weighted by molar-refractivity contribution is 5.80. The van der Waals surface area contributed by atoms with Gasteiger partial charge >= 0.3 is 11.9 Å². The number of nitrogens with zero attached hydrogens (tertiary/aromatic N) is 2. The molecule has 0 atom stereocenters. The van der Waals surface area contributed by atoms with Gasteiger partial charge < -0.3 is 9.68 Å². The Morgan fingerprint density at radius 2 is 1.08 bits per heavy atom. The van der Waals surface area contributed by atoms with Crippen molar-refractivity contribution in [2.45, 2.75) is 77.0 Å². The standard InChI is InChI=1S/C18H28N2O6/c21-15-9-7-13-19(15)25-17(23)11-5-3-1-2-4-6-12-18(24)26-20-14-8-10-16(20)22/h1-14H2. The van der Waals surface area contributed by atoms with Crippen LogP contribution < -0.4 is 0 Å². The highest BCUT2D eigenvalue weighted by Crippen LogP contribution is 2.14. The van der Waals surface area contributed by atoms with Crippen LogP contribution in [-0.2, 0) is 28.9 Å². The third-order valence-corrected chi connectivity index (χ3v) is 4.50. The van der Waals surface area contributed by atoms with E-state index in [2.05, 4.69) is 0 Å². The Balaban J connectivity index is 1.39. The maximum Gasteiger partial charge on any atom is 0.332 e. The summed E-state index contributed by atoms with van der Waals surface area (Å²) in [6.07, 6.45) is 8.29. The van der Waals surface area contributed by atoms with Crippen LogP contribution in [0.2, 0.25) is 0 Å². The first-order valence-electron chi connectivity index (χ1n) is 9.58. The molecule has 2 fully saturated rings. The molecule has 0 radical (unpaired) electrons. The fraction of sp³-hybridized carbons (Fsp3) is 0.778. The summed E-state index contributed by atoms with van der Waals surface area (Å²) in [6.45, 7) is 0.998. The Kier molecular flexibility index (Phi) is 8.37. The van der Waals surface area contributed by atoms with Crippen LogP contribution in [0.3, 0.4) is 0 Å². The molecule has 0 saturated carbocycles. The van der Waals surface area contributed by atoms with Crippen LogP contribution in [0.1, 0.15) is 77.0 Å². The molecule has 26 heavy (non-hydrogen) atoms. The van der Waals surface area contributed by atoms with Crippen molar-refractivity contribution in [3.8, 4) is 0 Å². The minimum atomic E-state index is -0.348. The first kappa shape index (κ1) is 20.2. The second kappa shape index (κ2) is 10.8. The number of hydrogen-bond donors (Lipinski definition) is 0. The van der Waals surface area contributed by atoms with Crippen LogP contribution in [0.5, 0.6) is 0 Å². The van der Waals surface area contributed by atoms with Crippen LogP contribution >= 0.6 is 0 Å². The summed E-state index contributed by atoms with van der Waals surface area (Å²) >= 11 is 0. The fourth-order valence-electron chi connectivity index (χ4n) is 3.02. The second-order valence-corrected chi connectivity index (χ2v) is 6.75. The maximum atomic E-state index is 11.6. The molecule has 146 valence electrons. The monoisotopic (exact) mass is 368 g/mol. The SMILES string of the molecule is O=C(CCCCCCCCC(=O)ON1CCCC1=O)ON1CCCC1=O. The predicted octanol–water partition coefficient (Wildman–Crippen LogP) is 2.27. The van der Waals surface area contributed by atoms with Crippen LogP contribution in [0.4, 0.5) is 0 Å². The molecule has 0 aromatic carbocycles. The highest BCUT2D eigenvalue weighted by Gasteiger charge is 2.24. The molecule has 2 amide bonds. The fourth-order valence-corrected chi connectivity index (χ4v) is 3.02. The number of hydroxylamine groups is 4. The van der Waals surface area contributed by atoms with E-state index in [1.807, 2.05) is 0 Å². The summed E-state index contributed by atoms with van der Waals surface area (Å²) in [5, 5.41) is 2.33. The first-order valence-corrected chi connectivity index (χ1v) is 9.58. The van der Waals surface area contributed by atoms with Crippen molar-refractivity contribution in [3.63, 3.8) is 0 Å². The third-order valence-electron chi connectivity index (χ3n) is 4.50. The lowest BCUT2D eigenvalue weighted by Gasteiger charge is -2.14. The summed E-state index contributed by atoms with van der Waals surface area (Å²) < 4.78 is 0. The summed E-state index contributed by atoms with van der Waals surface area (Å²) in [5.41, 5.74) is 0. The van der Waals surface area contributed by atoms with Gasteiger partial charge in [0.2, 0.25) is 0 Å². The number of hydrogen-bond acceptors (Lipinski definition) is 6. The summed E-state index contributed by atoms with van der Waals surface area (Å²) in [6, 6.07) is 0. The quantitative estimate of drug-likeness (QED) is 0.519. The van der Waals surface area contributed by atoms with E-state index >= 15 is 0 Å². The molecule has 0 unspecified atom stereocenters. The van der Waals surface area contributed by atoms with Gasteiger partial charge in [-0.15, -0.1) is 0 Å². The van der Waals surface area contributed by atoms with Gasteiger partial charge in [0, 0.05) is 25.7 Å². The van der Waals surface area contributed by atoms with Gasteiger partial charge in [0.15, 0.2) is 0 Å². The minimum absolute atomic E-state index is 0.119. The number of amides is 2. The van der Waals surface area contributed by atoms with Crippen molar-refractivity contribution in [2.75, 3.05) is 13.1 Å². The molecule has 2 aliphatic heterocycles. The van der Waals surface area contributed by atoms with Gasteiger partial charge in [-0.25, -0.2) is 9.59 Å². The summed E-state index contributed by atoms with van der Waals surface area (Å²) in [4.78, 5) is 56.0. The molecule has 8 heteroatoms. The molecule has 2 rings (SSSR count). The van der Waals surface area contributed by atoms with Gasteiger partial charge in [-0.3, -0.25) is 9.59 Å². The lowest BCUT2D eigenvalue weighted by Crippen LogP contribution is -2.28. The average Bonchev–Trinajstić information content (AvgIpc) is 3.19. The zero-order chi connectivity index (χ0) is 18.8. The largest absolute Gasteiger partial charge is 0.338 e. The van der Waals surface area contributed by atoms with Crippen molar-refractivity contribution in [3.05, 3.63) is 0 Å². The zero-order valence-electron chi connectivity index (χ0n) is 15.2. The van der Waals surface area contributed by atoms with Crippen LogP contribution in [-0.4, -0.2) is 47.0 Å². The van der Waals surface area contributed by atoms with Gasteiger partial charge in [0.1, 0.15) is 0 Å². The van der Waals surface area contributed by atoms with E-state index in [0.29, 0.717) is 38.8 Å². The Labute approximate surface area is 153 Å². The van der Waals surface area contributed by atoms with Crippen LogP contribution in [0, 0.1) is 0 Å². The van der Waals surface area contributed by atoms with Crippen molar-refractivity contribution >= 4 is 23.8 Å². The Morgan fingerprint density at radius 3 is 1.42 bits per heavy atom. The second-order valence-electron chi connectivity index (χ2n) is 6.75. The molecule has 8 nitrogen and oxygen atoms in total. The average molecular weight is 368 g/mol. The third kappa shape index (κ3) is 7.01. The molecular weight excluding hydrogens is 340 g/mol. The van der Waals surface area contributed by atoms with Gasteiger partial charge in [-0.05, 0) is 25.7 Å². The van der Waals surface area contributed by atoms with E-state index in [-0.39, 0.29) is 23.8 Å². The molecule has 0 spiro atoms. The van der Waals surface area contributed by atoms with Crippen LogP contribution in [0.25, 0.3) is 0 Å². The van der Waals surface area contributed by atoms with Crippen molar-refractivity contribution in [1.82, 2.24) is 10.1 Å². The Hall–Kier alpha value is -2.12. The van der Waals surface area contributed by atoms with Gasteiger partial charge in [-0.2, -0.15) is 10.1 Å². The zero-order valence-corrected chi connectivity index (χ0v) is 15.2. The molecule has 0 N–H and O–H groups in total. The molecule has 0 bridgehead atoms. The highest BCUT2D eigenvalue weighted by atomic mass is 16.7. The van der Waals surface area contributed by atoms with E-state index in [1.54, 1.807) is 0 Å². The van der Waals surface area contributed by atoms with Gasteiger partial charge in [0.25, 0.3) is 11.8 Å². The molecule has 0 aliphatic carbocycles. The molecular formula is C18H28N2O6. The van der Waals surface area contributed by atoms with Crippen molar-refractivity contribution in [1.29, 1.82) is 0 Å². The maximum absolute atomic E-state index is 11.6. The number of unbranched alkanes of at least 4 members (excludes halogenated alkanes) is 5. The van der Waals surface area contributed by atoms with E-state index in [0.717, 1.165) is 61.5 Å². The van der Waals surface area contributed by atoms with E-state index in [1.165, 1.54) is 0 Å². The molecule has 0 aromatic heterocycles. The van der Waals surface area contributed by atoms with E-state index in [9.17, 15) is 19.2 Å². The number of carbonyl (C=O) groups is 4. The number of carbonyl (C=O) groups excluding carboxylic acids is 4. The summed E-state index contributed by atoms with van der Waals surface area (Å²) in [7, 11) is 0. The predicted molar refractivity (Wildman–Crippen MR) is 91.0 cm³/mol. The van der Waals surface area contributed by atoms with Crippen molar-refractivity contribution in [2.24, 2.45) is 0 Å². The molecule has 2 heterocycles. The lowest BCUT2D eigenvalue weighted by atomic mass is 10.1. The van der Waals surface area contributed by atoms with Crippen LogP contribution in [0.15, 0.2) is 0 Å². The first-order chi connectivity index (χ1) is 12.6. The van der Waals surface area contributed by atoms with E-state index < -0.39 is 0 Å². The Morgan fingerprint density at radius 1 is 0.692 bits per heavy atom. The smallest absolute Gasteiger partial charge is 0.332 e.